The zero-order valence-corrected chi connectivity index (χ0v) is 51.2. The van der Waals surface area contributed by atoms with Gasteiger partial charge in [-0.05, 0) is 109 Å². The third kappa shape index (κ3) is 25.5. The lowest BCUT2D eigenvalue weighted by molar-refractivity contribution is 0.359. The second kappa shape index (κ2) is 37.3. The molecule has 416 valence electrons. The van der Waals surface area contributed by atoms with Crippen molar-refractivity contribution in [1.82, 2.24) is 0 Å². The van der Waals surface area contributed by atoms with Gasteiger partial charge in [-0.25, -0.2) is 0 Å². The fourth-order valence-corrected chi connectivity index (χ4v) is 12.1. The summed E-state index contributed by atoms with van der Waals surface area (Å²) in [6, 6.07) is 21.3. The predicted octanol–water partition coefficient (Wildman–Crippen LogP) is 23.9. The predicted molar refractivity (Wildman–Crippen MR) is 325 cm³/mol. The maximum Gasteiger partial charge on any atom is 0.530 e. The summed E-state index contributed by atoms with van der Waals surface area (Å²) >= 11 is 0. The summed E-state index contributed by atoms with van der Waals surface area (Å²) in [6.45, 7) is 28.5. The number of aryl methyl sites for hydroxylation is 3. The summed E-state index contributed by atoms with van der Waals surface area (Å²) in [6.07, 6.45) is 45.5. The molecule has 3 nitrogen and oxygen atoms in total. The Morgan fingerprint density at radius 2 is 0.507 bits per heavy atom. The van der Waals surface area contributed by atoms with Crippen molar-refractivity contribution in [3.63, 3.8) is 0 Å². The molecule has 73 heavy (non-hydrogen) atoms. The van der Waals surface area contributed by atoms with E-state index in [0.29, 0.717) is 0 Å². The Bertz CT molecular complexity index is 1650. The summed E-state index contributed by atoms with van der Waals surface area (Å²) < 4.78 is 22.3. The fourth-order valence-electron chi connectivity index (χ4n) is 11.0. The average Bonchev–Trinajstić information content (AvgIpc) is 3.36. The quantitative estimate of drug-likeness (QED) is 0.0417. The SMILES string of the molecule is CCCCCCCCCc1ccc(OP(Oc2ccc(CCCCCCCCC)cc2C(C)(C)CCCCC)Oc2ccc(CCCCCCCCC)cc2C(C)(C)CCCCC)c(C(C)(C)CCCCC)c1. The van der Waals surface area contributed by atoms with Gasteiger partial charge >= 0.3 is 8.60 Å². The molecule has 0 fully saturated rings. The van der Waals surface area contributed by atoms with Gasteiger partial charge in [-0.3, -0.25) is 0 Å². The lowest BCUT2D eigenvalue weighted by Gasteiger charge is -2.32. The highest BCUT2D eigenvalue weighted by molar-refractivity contribution is 7.43. The molecule has 0 aliphatic rings. The minimum atomic E-state index is -1.92. The molecule has 3 aromatic carbocycles. The molecule has 0 heterocycles. The molecular weight excluding hydrogens is 908 g/mol. The summed E-state index contributed by atoms with van der Waals surface area (Å²) in [4.78, 5) is 0. The van der Waals surface area contributed by atoms with Gasteiger partial charge in [-0.2, -0.15) is 0 Å². The molecular formula is C69H117O3P. The highest BCUT2D eigenvalue weighted by Gasteiger charge is 2.34. The number of rotatable bonds is 45. The van der Waals surface area contributed by atoms with Crippen LogP contribution in [0.5, 0.6) is 17.2 Å². The zero-order chi connectivity index (χ0) is 53.2. The number of hydrogen-bond donors (Lipinski definition) is 0. The molecule has 0 atom stereocenters. The monoisotopic (exact) mass is 1020 g/mol. The third-order valence-corrected chi connectivity index (χ3v) is 17.3. The molecule has 0 aliphatic heterocycles. The molecule has 0 N–H and O–H groups in total. The topological polar surface area (TPSA) is 27.7 Å². The Morgan fingerprint density at radius 1 is 0.288 bits per heavy atom. The van der Waals surface area contributed by atoms with Crippen molar-refractivity contribution >= 4 is 8.60 Å². The molecule has 0 saturated heterocycles. The Hall–Kier alpha value is -2.51. The largest absolute Gasteiger partial charge is 0.530 e. The molecule has 0 radical (unpaired) electrons. The van der Waals surface area contributed by atoms with E-state index in [0.717, 1.165) is 55.8 Å². The van der Waals surface area contributed by atoms with Crippen molar-refractivity contribution < 1.29 is 13.6 Å². The third-order valence-electron chi connectivity index (χ3n) is 16.3. The summed E-state index contributed by atoms with van der Waals surface area (Å²) in [5.74, 6) is 2.73. The van der Waals surface area contributed by atoms with Gasteiger partial charge in [-0.1, -0.05) is 293 Å². The van der Waals surface area contributed by atoms with Gasteiger partial charge < -0.3 is 13.6 Å². The minimum Gasteiger partial charge on any atom is -0.408 e. The highest BCUT2D eigenvalue weighted by Crippen LogP contribution is 2.51. The van der Waals surface area contributed by atoms with Crippen LogP contribution in [0.15, 0.2) is 54.6 Å². The van der Waals surface area contributed by atoms with Gasteiger partial charge in [0.25, 0.3) is 0 Å². The first-order valence-electron chi connectivity index (χ1n) is 31.5. The first-order chi connectivity index (χ1) is 35.2. The highest BCUT2D eigenvalue weighted by atomic mass is 31.2. The van der Waals surface area contributed by atoms with Crippen molar-refractivity contribution in [2.45, 2.75) is 330 Å². The second-order valence-electron chi connectivity index (χ2n) is 24.6. The summed E-state index contributed by atoms with van der Waals surface area (Å²) in [5, 5.41) is 0. The van der Waals surface area contributed by atoms with E-state index in [-0.39, 0.29) is 16.2 Å². The van der Waals surface area contributed by atoms with Crippen molar-refractivity contribution in [1.29, 1.82) is 0 Å². The fraction of sp³-hybridized carbons (Fsp3) is 0.739. The first-order valence-corrected chi connectivity index (χ1v) is 32.6. The molecule has 0 amide bonds. The smallest absolute Gasteiger partial charge is 0.408 e. The van der Waals surface area contributed by atoms with Gasteiger partial charge in [0.2, 0.25) is 0 Å². The first kappa shape index (κ1) is 64.8. The maximum atomic E-state index is 7.43. The van der Waals surface area contributed by atoms with Crippen LogP contribution in [0.2, 0.25) is 0 Å². The van der Waals surface area contributed by atoms with E-state index in [4.69, 9.17) is 13.6 Å². The lowest BCUT2D eigenvalue weighted by atomic mass is 9.78. The molecule has 3 rings (SSSR count). The zero-order valence-electron chi connectivity index (χ0n) is 50.3. The van der Waals surface area contributed by atoms with Gasteiger partial charge in [-0.15, -0.1) is 0 Å². The van der Waals surface area contributed by atoms with Crippen molar-refractivity contribution in [2.75, 3.05) is 0 Å². The van der Waals surface area contributed by atoms with E-state index in [1.165, 1.54) is 226 Å². The van der Waals surface area contributed by atoms with Crippen LogP contribution < -0.4 is 13.6 Å². The summed E-state index contributed by atoms with van der Waals surface area (Å²) in [7, 11) is -1.92. The second-order valence-corrected chi connectivity index (χ2v) is 25.6. The van der Waals surface area contributed by atoms with Crippen LogP contribution in [0.4, 0.5) is 0 Å². The molecule has 0 bridgehead atoms. The van der Waals surface area contributed by atoms with Crippen LogP contribution in [0.3, 0.4) is 0 Å². The molecule has 3 aromatic rings. The Balaban J connectivity index is 2.18. The van der Waals surface area contributed by atoms with Crippen molar-refractivity contribution in [2.24, 2.45) is 0 Å². The van der Waals surface area contributed by atoms with E-state index >= 15 is 0 Å². The number of benzene rings is 3. The van der Waals surface area contributed by atoms with Crippen molar-refractivity contribution in [3.05, 3.63) is 88.0 Å². The van der Waals surface area contributed by atoms with Crippen LogP contribution >= 0.6 is 8.60 Å². The lowest BCUT2D eigenvalue weighted by Crippen LogP contribution is -2.21. The van der Waals surface area contributed by atoms with E-state index in [2.05, 4.69) is 138 Å². The molecule has 0 spiro atoms. The normalized spacial score (nSPS) is 12.3. The van der Waals surface area contributed by atoms with Gasteiger partial charge in [0.15, 0.2) is 0 Å². The van der Waals surface area contributed by atoms with Crippen molar-refractivity contribution in [3.8, 4) is 17.2 Å². The van der Waals surface area contributed by atoms with Crippen LogP contribution in [-0.4, -0.2) is 0 Å². The van der Waals surface area contributed by atoms with Crippen LogP contribution in [0, 0.1) is 0 Å². The van der Waals surface area contributed by atoms with E-state index in [1.807, 2.05) is 0 Å². The molecule has 0 unspecified atom stereocenters. The van der Waals surface area contributed by atoms with Gasteiger partial charge in [0.05, 0.1) is 0 Å². The molecule has 0 aliphatic carbocycles. The van der Waals surface area contributed by atoms with Crippen LogP contribution in [0.25, 0.3) is 0 Å². The van der Waals surface area contributed by atoms with Crippen LogP contribution in [0.1, 0.15) is 328 Å². The van der Waals surface area contributed by atoms with Gasteiger partial charge in [0, 0.05) is 16.7 Å². The van der Waals surface area contributed by atoms with Crippen LogP contribution in [-0.2, 0) is 35.5 Å². The standard InChI is InChI=1S/C69H117O3P/c1-13-19-25-28-31-34-37-43-58-46-49-64(61(55-58)67(7,8)52-40-22-16-4)70-73(71-65-50-47-59(44-38-35-32-29-26-20-14-2)56-62(65)68(9,10)53-41-23-17-5)72-66-51-48-60(45-39-36-33-30-27-21-15-3)57-63(66)69(11,12)54-42-24-18-6/h46-51,55-57H,13-45,52-54H2,1-12H3. The average molecular weight is 1030 g/mol. The number of unbranched alkanes of at least 4 members (excludes halogenated alkanes) is 24. The van der Waals surface area contributed by atoms with E-state index in [1.54, 1.807) is 0 Å². The minimum absolute atomic E-state index is 0.0736. The Labute approximate surface area is 455 Å². The van der Waals surface area contributed by atoms with E-state index < -0.39 is 8.60 Å². The summed E-state index contributed by atoms with van der Waals surface area (Å²) in [5.41, 5.74) is 7.92. The molecule has 0 saturated carbocycles. The molecule has 4 heteroatoms. The molecule has 0 aromatic heterocycles. The number of hydrogen-bond acceptors (Lipinski definition) is 3. The van der Waals surface area contributed by atoms with Gasteiger partial charge in [0.1, 0.15) is 17.2 Å². The Kier molecular flexibility index (Phi) is 33.1. The van der Waals surface area contributed by atoms with E-state index in [9.17, 15) is 0 Å². The maximum absolute atomic E-state index is 7.43. The Morgan fingerprint density at radius 3 is 0.753 bits per heavy atom.